The fraction of sp³-hybridized carbons (Fsp3) is 0.889. The summed E-state index contributed by atoms with van der Waals surface area (Å²) in [4.78, 5) is 33.7. The van der Waals surface area contributed by atoms with Gasteiger partial charge in [-0.15, -0.1) is 0 Å². The van der Waals surface area contributed by atoms with E-state index < -0.39 is 0 Å². The van der Waals surface area contributed by atoms with Crippen LogP contribution in [-0.4, -0.2) is 48.9 Å². The second-order valence-electron chi connectivity index (χ2n) is 12.7. The smallest absolute Gasteiger partial charge is 0.312 e. The molecular formula is C27H36O7. The molecule has 0 aromatic heterocycles. The van der Waals surface area contributed by atoms with Crippen molar-refractivity contribution < 1.29 is 33.3 Å². The highest BCUT2D eigenvalue weighted by atomic mass is 16.6. The molecule has 5 saturated heterocycles. The van der Waals surface area contributed by atoms with Crippen LogP contribution in [0.5, 0.6) is 0 Å². The van der Waals surface area contributed by atoms with Gasteiger partial charge in [-0.2, -0.15) is 0 Å². The molecule has 7 heteroatoms. The third-order valence-electron chi connectivity index (χ3n) is 11.4. The van der Waals surface area contributed by atoms with Crippen molar-refractivity contribution in [2.45, 2.75) is 77.3 Å². The van der Waals surface area contributed by atoms with Crippen LogP contribution in [-0.2, 0) is 33.3 Å². The number of rotatable bonds is 0. The minimum absolute atomic E-state index is 0.0353. The SMILES string of the molecule is C[C@@H]1C2CC3C(=O)OC1C3C2.C[C@@H]1C2CC3C(=O)OC1C3O2.C[C@@H]1C2CC3C(=O)OCC1C3C2. The molecule has 12 unspecified atom stereocenters. The number of hydrogen-bond donors (Lipinski definition) is 0. The number of esters is 3. The van der Waals surface area contributed by atoms with Gasteiger partial charge in [0.15, 0.2) is 0 Å². The van der Waals surface area contributed by atoms with Crippen molar-refractivity contribution in [3.63, 3.8) is 0 Å². The van der Waals surface area contributed by atoms with E-state index in [1.165, 1.54) is 12.8 Å². The Labute approximate surface area is 200 Å². The molecule has 5 heterocycles. The highest BCUT2D eigenvalue weighted by molar-refractivity contribution is 5.77. The molecule has 4 saturated carbocycles. The summed E-state index contributed by atoms with van der Waals surface area (Å²) in [6.07, 6.45) is 6.43. The number of hydrogen-bond acceptors (Lipinski definition) is 7. The monoisotopic (exact) mass is 472 g/mol. The summed E-state index contributed by atoms with van der Waals surface area (Å²) in [5.74, 6) is 6.26. The summed E-state index contributed by atoms with van der Waals surface area (Å²) in [6, 6.07) is 0. The Morgan fingerprint density at radius 2 is 1.24 bits per heavy atom. The van der Waals surface area contributed by atoms with Crippen molar-refractivity contribution in [1.82, 2.24) is 0 Å². The fourth-order valence-corrected chi connectivity index (χ4v) is 9.35. The number of fused-ring (bicyclic) bond motifs is 3. The molecule has 0 spiro atoms. The molecule has 0 radical (unpaired) electrons. The van der Waals surface area contributed by atoms with Gasteiger partial charge < -0.3 is 18.9 Å². The van der Waals surface area contributed by atoms with Crippen LogP contribution in [0.3, 0.4) is 0 Å². The first kappa shape index (κ1) is 21.6. The third kappa shape index (κ3) is 2.88. The van der Waals surface area contributed by atoms with Crippen molar-refractivity contribution in [2.24, 2.45) is 65.1 Å². The average molecular weight is 473 g/mol. The van der Waals surface area contributed by atoms with Crippen molar-refractivity contribution >= 4 is 17.9 Å². The molecule has 0 aromatic rings. The van der Waals surface area contributed by atoms with E-state index in [1.807, 2.05) is 0 Å². The maximum atomic E-state index is 11.3. The van der Waals surface area contributed by atoms with Gasteiger partial charge in [0.1, 0.15) is 18.3 Å². The standard InChI is InChI=1S/C10H14O2.C9H12O2.C8H10O3/c1-5-6-2-7-8(3-6)10(11)12-4-9(5)7;1-4-5-2-6-7(3-5)9(10)11-8(4)6;1-3-5-2-4-7(10-5)6(3)11-8(4)9/h5-9H,2-4H2,1H3;4-8H,2-3H2,1H3;3-7H,2H2,1H3/t5-,6?,7?,8?,9?;4-,5?,6?,7?,8?;3-,4?,5?,6?,7?/m111/s1. The van der Waals surface area contributed by atoms with E-state index in [0.29, 0.717) is 54.3 Å². The van der Waals surface area contributed by atoms with E-state index in [9.17, 15) is 14.4 Å². The minimum atomic E-state index is -0.0353. The van der Waals surface area contributed by atoms with Crippen molar-refractivity contribution in [1.29, 1.82) is 0 Å². The lowest BCUT2D eigenvalue weighted by Gasteiger charge is -2.37. The average Bonchev–Trinajstić information content (AvgIpc) is 3.64. The van der Waals surface area contributed by atoms with Gasteiger partial charge in [0, 0.05) is 11.8 Å². The highest BCUT2D eigenvalue weighted by Crippen LogP contribution is 2.58. The number of ether oxygens (including phenoxy) is 4. The van der Waals surface area contributed by atoms with Gasteiger partial charge in [-0.05, 0) is 67.6 Å². The Hall–Kier alpha value is -1.63. The van der Waals surface area contributed by atoms with Crippen molar-refractivity contribution in [2.75, 3.05) is 6.61 Å². The van der Waals surface area contributed by atoms with Crippen molar-refractivity contribution in [3.05, 3.63) is 0 Å². The van der Waals surface area contributed by atoms with Crippen LogP contribution in [0.2, 0.25) is 0 Å². The summed E-state index contributed by atoms with van der Waals surface area (Å²) >= 11 is 0. The molecule has 9 fully saturated rings. The minimum Gasteiger partial charge on any atom is -0.465 e. The third-order valence-corrected chi connectivity index (χ3v) is 11.4. The number of carbonyl (C=O) groups is 3. The van der Waals surface area contributed by atoms with E-state index in [2.05, 4.69) is 20.8 Å². The quantitative estimate of drug-likeness (QED) is 0.396. The van der Waals surface area contributed by atoms with Crippen LogP contribution in [0.4, 0.5) is 0 Å². The molecule has 15 atom stereocenters. The number of cyclic esters (lactones) is 1. The first-order valence-electron chi connectivity index (χ1n) is 13.5. The maximum absolute atomic E-state index is 11.3. The van der Waals surface area contributed by atoms with Gasteiger partial charge in [-0.1, -0.05) is 20.8 Å². The fourth-order valence-electron chi connectivity index (χ4n) is 9.35. The van der Waals surface area contributed by atoms with Gasteiger partial charge >= 0.3 is 17.9 Å². The van der Waals surface area contributed by atoms with Crippen LogP contribution >= 0.6 is 0 Å². The lowest BCUT2D eigenvalue weighted by Crippen LogP contribution is -2.40. The van der Waals surface area contributed by atoms with Gasteiger partial charge in [0.25, 0.3) is 0 Å². The van der Waals surface area contributed by atoms with Gasteiger partial charge in [0.05, 0.1) is 30.5 Å². The molecule has 7 nitrogen and oxygen atoms in total. The highest BCUT2D eigenvalue weighted by Gasteiger charge is 2.62. The van der Waals surface area contributed by atoms with E-state index in [1.54, 1.807) is 0 Å². The Kier molecular flexibility index (Phi) is 4.73. The van der Waals surface area contributed by atoms with E-state index in [4.69, 9.17) is 18.9 Å². The summed E-state index contributed by atoms with van der Waals surface area (Å²) in [6.45, 7) is 7.36. The lowest BCUT2D eigenvalue weighted by molar-refractivity contribution is -0.163. The summed E-state index contributed by atoms with van der Waals surface area (Å²) in [7, 11) is 0. The molecule has 34 heavy (non-hydrogen) atoms. The molecule has 0 aromatic carbocycles. The van der Waals surface area contributed by atoms with Crippen LogP contribution in [0.1, 0.15) is 52.9 Å². The summed E-state index contributed by atoms with van der Waals surface area (Å²) in [5.41, 5.74) is 0. The topological polar surface area (TPSA) is 88.1 Å². The van der Waals surface area contributed by atoms with E-state index in [0.717, 1.165) is 37.0 Å². The predicted octanol–water partition coefficient (Wildman–Crippen LogP) is 2.99. The first-order valence-corrected chi connectivity index (χ1v) is 13.5. The molecule has 5 aliphatic heterocycles. The van der Waals surface area contributed by atoms with Crippen LogP contribution in [0.15, 0.2) is 0 Å². The normalized spacial score (nSPS) is 57.6. The predicted molar refractivity (Wildman–Crippen MR) is 118 cm³/mol. The second kappa shape index (κ2) is 7.44. The summed E-state index contributed by atoms with van der Waals surface area (Å²) in [5, 5.41) is 0. The lowest BCUT2D eigenvalue weighted by atomic mass is 9.74. The van der Waals surface area contributed by atoms with Gasteiger partial charge in [-0.25, -0.2) is 0 Å². The zero-order valence-corrected chi connectivity index (χ0v) is 20.3. The van der Waals surface area contributed by atoms with Crippen LogP contribution < -0.4 is 0 Å². The second-order valence-corrected chi connectivity index (χ2v) is 12.7. The van der Waals surface area contributed by atoms with Gasteiger partial charge in [-0.3, -0.25) is 14.4 Å². The molecule has 6 bridgehead atoms. The zero-order chi connectivity index (χ0) is 23.5. The molecule has 4 aliphatic carbocycles. The molecular weight excluding hydrogens is 436 g/mol. The molecule has 9 aliphatic rings. The number of carbonyl (C=O) groups excluding carboxylic acids is 3. The Bertz CT molecular complexity index is 869. The molecule has 0 amide bonds. The maximum Gasteiger partial charge on any atom is 0.312 e. The van der Waals surface area contributed by atoms with E-state index >= 15 is 0 Å². The molecule has 9 rings (SSSR count). The Morgan fingerprint density at radius 3 is 1.88 bits per heavy atom. The Balaban J connectivity index is 0.0000000883. The molecule has 186 valence electrons. The first-order chi connectivity index (χ1) is 16.3. The largest absolute Gasteiger partial charge is 0.465 e. The zero-order valence-electron chi connectivity index (χ0n) is 20.3. The van der Waals surface area contributed by atoms with Crippen molar-refractivity contribution in [3.8, 4) is 0 Å². The molecule has 0 N–H and O–H groups in total. The summed E-state index contributed by atoms with van der Waals surface area (Å²) < 4.78 is 21.3. The van der Waals surface area contributed by atoms with Gasteiger partial charge in [0.2, 0.25) is 0 Å². The van der Waals surface area contributed by atoms with Crippen LogP contribution in [0, 0.1) is 65.1 Å². The van der Waals surface area contributed by atoms with E-state index in [-0.39, 0.29) is 42.0 Å². The van der Waals surface area contributed by atoms with Crippen LogP contribution in [0.25, 0.3) is 0 Å². The Morgan fingerprint density at radius 1 is 0.588 bits per heavy atom.